The standard InChI is InChI=1S/C13H24N2O4/c1-8(2)12(13(18)14-5-11(16)17)15-6-9(3)19-10(4)7-15/h8-10,12H,5-7H2,1-4H3,(H,14,18)(H,16,17)/t9-,10+,12-/m1/s1. The number of hydrogen-bond acceptors (Lipinski definition) is 4. The summed E-state index contributed by atoms with van der Waals surface area (Å²) >= 11 is 0. The lowest BCUT2D eigenvalue weighted by Gasteiger charge is -2.40. The first kappa shape index (κ1) is 15.9. The second-order valence-electron chi connectivity index (χ2n) is 5.51. The summed E-state index contributed by atoms with van der Waals surface area (Å²) < 4.78 is 5.66. The molecule has 0 aromatic rings. The number of carboxylic acid groups (broad SMARTS) is 1. The summed E-state index contributed by atoms with van der Waals surface area (Å²) in [5, 5.41) is 11.1. The molecule has 0 saturated carbocycles. The molecule has 0 radical (unpaired) electrons. The molecule has 110 valence electrons. The summed E-state index contributed by atoms with van der Waals surface area (Å²) in [4.78, 5) is 24.8. The molecule has 1 aliphatic heterocycles. The molecule has 0 aromatic carbocycles. The molecule has 1 saturated heterocycles. The van der Waals surface area contributed by atoms with E-state index >= 15 is 0 Å². The fourth-order valence-electron chi connectivity index (χ4n) is 2.60. The van der Waals surface area contributed by atoms with Crippen molar-refractivity contribution in [1.82, 2.24) is 10.2 Å². The molecule has 19 heavy (non-hydrogen) atoms. The molecule has 1 rings (SSSR count). The van der Waals surface area contributed by atoms with E-state index in [1.165, 1.54) is 0 Å². The Bertz CT molecular complexity index is 323. The van der Waals surface area contributed by atoms with Gasteiger partial charge in [0.15, 0.2) is 0 Å². The van der Waals surface area contributed by atoms with Crippen molar-refractivity contribution in [1.29, 1.82) is 0 Å². The largest absolute Gasteiger partial charge is 0.480 e. The third-order valence-electron chi connectivity index (χ3n) is 3.16. The van der Waals surface area contributed by atoms with Crippen molar-refractivity contribution < 1.29 is 19.4 Å². The molecule has 0 aliphatic carbocycles. The molecule has 3 atom stereocenters. The van der Waals surface area contributed by atoms with Gasteiger partial charge in [-0.05, 0) is 19.8 Å². The predicted octanol–water partition coefficient (Wildman–Crippen LogP) is 0.321. The van der Waals surface area contributed by atoms with Crippen molar-refractivity contribution >= 4 is 11.9 Å². The van der Waals surface area contributed by atoms with Gasteiger partial charge in [0, 0.05) is 13.1 Å². The maximum absolute atomic E-state index is 12.1. The maximum atomic E-state index is 12.1. The van der Waals surface area contributed by atoms with Crippen LogP contribution in [0.25, 0.3) is 0 Å². The highest BCUT2D eigenvalue weighted by atomic mass is 16.5. The lowest BCUT2D eigenvalue weighted by atomic mass is 9.99. The fraction of sp³-hybridized carbons (Fsp3) is 0.846. The van der Waals surface area contributed by atoms with Crippen LogP contribution in [0.2, 0.25) is 0 Å². The van der Waals surface area contributed by atoms with Crippen LogP contribution in [0.5, 0.6) is 0 Å². The van der Waals surface area contributed by atoms with E-state index in [0.29, 0.717) is 13.1 Å². The second-order valence-corrected chi connectivity index (χ2v) is 5.51. The average Bonchev–Trinajstić information content (AvgIpc) is 2.24. The van der Waals surface area contributed by atoms with Gasteiger partial charge in [-0.3, -0.25) is 14.5 Å². The van der Waals surface area contributed by atoms with E-state index < -0.39 is 5.97 Å². The highest BCUT2D eigenvalue weighted by molar-refractivity contribution is 5.85. The van der Waals surface area contributed by atoms with Gasteiger partial charge >= 0.3 is 5.97 Å². The molecule has 0 aromatic heterocycles. The van der Waals surface area contributed by atoms with Gasteiger partial charge in [-0.1, -0.05) is 13.8 Å². The van der Waals surface area contributed by atoms with Crippen LogP contribution < -0.4 is 5.32 Å². The number of carbonyl (C=O) groups excluding carboxylic acids is 1. The number of ether oxygens (including phenoxy) is 1. The molecule has 0 bridgehead atoms. The number of nitrogens with zero attached hydrogens (tertiary/aromatic N) is 1. The van der Waals surface area contributed by atoms with E-state index in [2.05, 4.69) is 10.2 Å². The van der Waals surface area contributed by atoms with Gasteiger partial charge in [-0.15, -0.1) is 0 Å². The minimum absolute atomic E-state index is 0.0808. The third kappa shape index (κ3) is 4.80. The Morgan fingerprint density at radius 1 is 1.32 bits per heavy atom. The van der Waals surface area contributed by atoms with Gasteiger partial charge in [0.25, 0.3) is 0 Å². The summed E-state index contributed by atoms with van der Waals surface area (Å²) in [6.45, 7) is 8.94. The molecule has 0 unspecified atom stereocenters. The molecule has 0 spiro atoms. The average molecular weight is 272 g/mol. The smallest absolute Gasteiger partial charge is 0.322 e. The Kier molecular flexibility index (Phi) is 5.75. The Morgan fingerprint density at radius 2 is 1.84 bits per heavy atom. The number of nitrogens with one attached hydrogen (secondary N) is 1. The van der Waals surface area contributed by atoms with Crippen LogP contribution in [0.1, 0.15) is 27.7 Å². The summed E-state index contributed by atoms with van der Waals surface area (Å²) in [6.07, 6.45) is 0.162. The van der Waals surface area contributed by atoms with E-state index in [9.17, 15) is 9.59 Å². The van der Waals surface area contributed by atoms with Crippen LogP contribution in [0.15, 0.2) is 0 Å². The zero-order valence-corrected chi connectivity index (χ0v) is 12.0. The van der Waals surface area contributed by atoms with Crippen LogP contribution >= 0.6 is 0 Å². The fourth-order valence-corrected chi connectivity index (χ4v) is 2.60. The number of morpholine rings is 1. The summed E-state index contributed by atoms with van der Waals surface area (Å²) in [5.41, 5.74) is 0. The Morgan fingerprint density at radius 3 is 2.26 bits per heavy atom. The van der Waals surface area contributed by atoms with Gasteiger partial charge in [0.2, 0.25) is 5.91 Å². The topological polar surface area (TPSA) is 78.9 Å². The summed E-state index contributed by atoms with van der Waals surface area (Å²) in [6, 6.07) is -0.312. The first-order valence-electron chi connectivity index (χ1n) is 6.70. The minimum Gasteiger partial charge on any atom is -0.480 e. The lowest BCUT2D eigenvalue weighted by Crippen LogP contribution is -2.57. The van der Waals surface area contributed by atoms with E-state index in [1.807, 2.05) is 27.7 Å². The van der Waals surface area contributed by atoms with Gasteiger partial charge in [0.05, 0.1) is 18.2 Å². The molecule has 6 heteroatoms. The quantitative estimate of drug-likeness (QED) is 0.753. The van der Waals surface area contributed by atoms with Gasteiger partial charge in [-0.2, -0.15) is 0 Å². The van der Waals surface area contributed by atoms with E-state index in [-0.39, 0.29) is 36.6 Å². The van der Waals surface area contributed by atoms with Gasteiger partial charge < -0.3 is 15.2 Å². The molecule has 1 amide bonds. The molecule has 2 N–H and O–H groups in total. The van der Waals surface area contributed by atoms with Crippen LogP contribution in [0, 0.1) is 5.92 Å². The van der Waals surface area contributed by atoms with Gasteiger partial charge in [-0.25, -0.2) is 0 Å². The minimum atomic E-state index is -1.03. The van der Waals surface area contributed by atoms with Crippen molar-refractivity contribution in [3.05, 3.63) is 0 Å². The molecule has 6 nitrogen and oxygen atoms in total. The van der Waals surface area contributed by atoms with Crippen LogP contribution in [0.4, 0.5) is 0 Å². The van der Waals surface area contributed by atoms with Crippen LogP contribution in [-0.4, -0.2) is 59.8 Å². The Balaban J connectivity index is 2.70. The predicted molar refractivity (Wildman–Crippen MR) is 70.9 cm³/mol. The molecule has 1 aliphatic rings. The zero-order valence-electron chi connectivity index (χ0n) is 12.0. The SMILES string of the molecule is CC(C)[C@H](C(=O)NCC(=O)O)N1C[C@@H](C)O[C@@H](C)C1. The number of aliphatic carboxylic acids is 1. The third-order valence-corrected chi connectivity index (χ3v) is 3.16. The van der Waals surface area contributed by atoms with E-state index in [0.717, 1.165) is 0 Å². The summed E-state index contributed by atoms with van der Waals surface area (Å²) in [7, 11) is 0. The summed E-state index contributed by atoms with van der Waals surface area (Å²) in [5.74, 6) is -1.13. The Labute approximate surface area is 114 Å². The number of carboxylic acids is 1. The molecule has 1 heterocycles. The first-order valence-corrected chi connectivity index (χ1v) is 6.70. The molecule has 1 fully saturated rings. The van der Waals surface area contributed by atoms with E-state index in [4.69, 9.17) is 9.84 Å². The molecular weight excluding hydrogens is 248 g/mol. The first-order chi connectivity index (χ1) is 8.81. The van der Waals surface area contributed by atoms with Crippen molar-refractivity contribution in [3.63, 3.8) is 0 Å². The highest BCUT2D eigenvalue weighted by Gasteiger charge is 2.34. The van der Waals surface area contributed by atoms with Crippen LogP contribution in [-0.2, 0) is 14.3 Å². The zero-order chi connectivity index (χ0) is 14.6. The number of rotatable bonds is 5. The second kappa shape index (κ2) is 6.86. The van der Waals surface area contributed by atoms with Crippen molar-refractivity contribution in [3.8, 4) is 0 Å². The van der Waals surface area contributed by atoms with Crippen molar-refractivity contribution in [2.24, 2.45) is 5.92 Å². The maximum Gasteiger partial charge on any atom is 0.322 e. The normalized spacial score (nSPS) is 26.2. The Hall–Kier alpha value is -1.14. The van der Waals surface area contributed by atoms with Crippen molar-refractivity contribution in [2.75, 3.05) is 19.6 Å². The number of amides is 1. The molecular formula is C13H24N2O4. The van der Waals surface area contributed by atoms with Gasteiger partial charge in [0.1, 0.15) is 6.54 Å². The monoisotopic (exact) mass is 272 g/mol. The number of hydrogen-bond donors (Lipinski definition) is 2. The van der Waals surface area contributed by atoms with E-state index in [1.54, 1.807) is 0 Å². The number of carbonyl (C=O) groups is 2. The highest BCUT2D eigenvalue weighted by Crippen LogP contribution is 2.18. The lowest BCUT2D eigenvalue weighted by molar-refractivity contribution is -0.141. The van der Waals surface area contributed by atoms with Crippen LogP contribution in [0.3, 0.4) is 0 Å². The van der Waals surface area contributed by atoms with Crippen molar-refractivity contribution in [2.45, 2.75) is 45.9 Å².